The zero-order valence-corrected chi connectivity index (χ0v) is 12.1. The predicted molar refractivity (Wildman–Crippen MR) is 79.3 cm³/mol. The standard InChI is InChI=1S/C15H21NO2S/c1-2-19-14-9-8-13(10-14)16-15(17)18-11-12-6-4-3-5-7-12/h3-7,13-14H,2,8-11H2,1H3,(H,16,17). The smallest absolute Gasteiger partial charge is 0.407 e. The van der Waals surface area contributed by atoms with Gasteiger partial charge in [-0.25, -0.2) is 4.79 Å². The Hall–Kier alpha value is -1.16. The van der Waals surface area contributed by atoms with Gasteiger partial charge in [-0.3, -0.25) is 0 Å². The van der Waals surface area contributed by atoms with E-state index in [0.29, 0.717) is 11.9 Å². The quantitative estimate of drug-likeness (QED) is 0.895. The van der Waals surface area contributed by atoms with Gasteiger partial charge in [-0.05, 0) is 30.6 Å². The van der Waals surface area contributed by atoms with Crippen molar-refractivity contribution >= 4 is 17.9 Å². The largest absolute Gasteiger partial charge is 0.445 e. The van der Waals surface area contributed by atoms with Gasteiger partial charge in [0, 0.05) is 11.3 Å². The van der Waals surface area contributed by atoms with Crippen molar-refractivity contribution in [3.05, 3.63) is 35.9 Å². The Morgan fingerprint density at radius 1 is 1.37 bits per heavy atom. The zero-order valence-electron chi connectivity index (χ0n) is 11.3. The van der Waals surface area contributed by atoms with Crippen LogP contribution in [0.25, 0.3) is 0 Å². The highest BCUT2D eigenvalue weighted by Crippen LogP contribution is 2.29. The molecule has 2 unspecified atom stereocenters. The van der Waals surface area contributed by atoms with Crippen molar-refractivity contribution in [2.75, 3.05) is 5.75 Å². The minimum atomic E-state index is -0.295. The van der Waals surface area contributed by atoms with E-state index < -0.39 is 0 Å². The fourth-order valence-electron chi connectivity index (χ4n) is 2.39. The molecule has 0 radical (unpaired) electrons. The molecule has 1 saturated carbocycles. The van der Waals surface area contributed by atoms with Gasteiger partial charge in [0.15, 0.2) is 0 Å². The van der Waals surface area contributed by atoms with Crippen LogP contribution in [0.4, 0.5) is 4.79 Å². The Balaban J connectivity index is 1.68. The lowest BCUT2D eigenvalue weighted by Crippen LogP contribution is -2.33. The molecule has 0 aromatic heterocycles. The van der Waals surface area contributed by atoms with Crippen LogP contribution in [0.1, 0.15) is 31.7 Å². The fourth-order valence-corrected chi connectivity index (χ4v) is 3.53. The van der Waals surface area contributed by atoms with Crippen LogP contribution in [0.3, 0.4) is 0 Å². The summed E-state index contributed by atoms with van der Waals surface area (Å²) in [7, 11) is 0. The van der Waals surface area contributed by atoms with Crippen LogP contribution in [0.15, 0.2) is 30.3 Å². The molecule has 2 atom stereocenters. The number of amides is 1. The van der Waals surface area contributed by atoms with Gasteiger partial charge in [-0.15, -0.1) is 0 Å². The number of alkyl carbamates (subject to hydrolysis) is 1. The van der Waals surface area contributed by atoms with E-state index in [0.717, 1.165) is 24.2 Å². The van der Waals surface area contributed by atoms with Crippen molar-refractivity contribution < 1.29 is 9.53 Å². The number of thioether (sulfide) groups is 1. The third-order valence-corrected chi connectivity index (χ3v) is 4.55. The summed E-state index contributed by atoms with van der Waals surface area (Å²) in [5.74, 6) is 1.15. The lowest BCUT2D eigenvalue weighted by molar-refractivity contribution is 0.136. The number of hydrogen-bond acceptors (Lipinski definition) is 3. The summed E-state index contributed by atoms with van der Waals surface area (Å²) in [6, 6.07) is 10.0. The number of rotatable bonds is 5. The molecule has 1 aromatic carbocycles. The third kappa shape index (κ3) is 4.78. The van der Waals surface area contributed by atoms with E-state index in [1.54, 1.807) is 0 Å². The van der Waals surface area contributed by atoms with E-state index in [2.05, 4.69) is 12.2 Å². The van der Waals surface area contributed by atoms with Gasteiger partial charge in [0.1, 0.15) is 6.61 Å². The van der Waals surface area contributed by atoms with Crippen molar-refractivity contribution in [3.8, 4) is 0 Å². The molecule has 1 aliphatic rings. The first-order valence-corrected chi connectivity index (χ1v) is 7.91. The van der Waals surface area contributed by atoms with Crippen molar-refractivity contribution in [2.24, 2.45) is 0 Å². The van der Waals surface area contributed by atoms with Crippen LogP contribution in [0, 0.1) is 0 Å². The summed E-state index contributed by atoms with van der Waals surface area (Å²) < 4.78 is 5.23. The van der Waals surface area contributed by atoms with Crippen LogP contribution >= 0.6 is 11.8 Å². The molecule has 19 heavy (non-hydrogen) atoms. The van der Waals surface area contributed by atoms with E-state index in [-0.39, 0.29) is 12.1 Å². The second-order valence-electron chi connectivity index (χ2n) is 4.79. The molecule has 3 nitrogen and oxygen atoms in total. The summed E-state index contributed by atoms with van der Waals surface area (Å²) in [5.41, 5.74) is 1.02. The predicted octanol–water partition coefficient (Wildman–Crippen LogP) is 3.59. The minimum Gasteiger partial charge on any atom is -0.445 e. The normalized spacial score (nSPS) is 22.2. The van der Waals surface area contributed by atoms with Crippen LogP contribution in [0.2, 0.25) is 0 Å². The molecular formula is C15H21NO2S. The van der Waals surface area contributed by atoms with Crippen molar-refractivity contribution in [1.29, 1.82) is 0 Å². The van der Waals surface area contributed by atoms with Gasteiger partial charge < -0.3 is 10.1 Å². The average molecular weight is 279 g/mol. The first kappa shape index (κ1) is 14.3. The lowest BCUT2D eigenvalue weighted by atomic mass is 10.2. The van der Waals surface area contributed by atoms with E-state index in [1.807, 2.05) is 42.1 Å². The molecule has 1 N–H and O–H groups in total. The van der Waals surface area contributed by atoms with Gasteiger partial charge in [0.2, 0.25) is 0 Å². The number of ether oxygens (including phenoxy) is 1. The lowest BCUT2D eigenvalue weighted by Gasteiger charge is -2.13. The molecule has 1 amide bonds. The second-order valence-corrected chi connectivity index (χ2v) is 6.37. The first-order valence-electron chi connectivity index (χ1n) is 6.86. The molecule has 0 heterocycles. The fraction of sp³-hybridized carbons (Fsp3) is 0.533. The topological polar surface area (TPSA) is 38.3 Å². The molecule has 0 saturated heterocycles. The highest BCUT2D eigenvalue weighted by Gasteiger charge is 2.25. The Kier molecular flexibility index (Phi) is 5.58. The maximum Gasteiger partial charge on any atom is 0.407 e. The maximum absolute atomic E-state index is 11.7. The maximum atomic E-state index is 11.7. The molecule has 0 bridgehead atoms. The van der Waals surface area contributed by atoms with E-state index >= 15 is 0 Å². The SMILES string of the molecule is CCSC1CCC(NC(=O)OCc2ccccc2)C1. The average Bonchev–Trinajstić information content (AvgIpc) is 2.85. The summed E-state index contributed by atoms with van der Waals surface area (Å²) in [4.78, 5) is 11.7. The first-order chi connectivity index (χ1) is 9.28. The molecule has 0 aliphatic heterocycles. The molecule has 0 spiro atoms. The van der Waals surface area contributed by atoms with Crippen LogP contribution in [-0.4, -0.2) is 23.1 Å². The second kappa shape index (κ2) is 7.43. The van der Waals surface area contributed by atoms with E-state index in [9.17, 15) is 4.79 Å². The van der Waals surface area contributed by atoms with Crippen molar-refractivity contribution in [3.63, 3.8) is 0 Å². The molecular weight excluding hydrogens is 258 g/mol. The monoisotopic (exact) mass is 279 g/mol. The Labute approximate surface area is 119 Å². The highest BCUT2D eigenvalue weighted by molar-refractivity contribution is 7.99. The van der Waals surface area contributed by atoms with Crippen LogP contribution in [0.5, 0.6) is 0 Å². The van der Waals surface area contributed by atoms with Gasteiger partial charge >= 0.3 is 6.09 Å². The van der Waals surface area contributed by atoms with E-state index in [1.165, 1.54) is 6.42 Å². The number of benzene rings is 1. The Morgan fingerprint density at radius 2 is 2.16 bits per heavy atom. The minimum absolute atomic E-state index is 0.285. The summed E-state index contributed by atoms with van der Waals surface area (Å²) in [6.45, 7) is 2.52. The van der Waals surface area contributed by atoms with Gasteiger partial charge in [0.25, 0.3) is 0 Å². The number of nitrogens with one attached hydrogen (secondary N) is 1. The van der Waals surface area contributed by atoms with Gasteiger partial charge in [0.05, 0.1) is 0 Å². The van der Waals surface area contributed by atoms with E-state index in [4.69, 9.17) is 4.74 Å². The summed E-state index contributed by atoms with van der Waals surface area (Å²) in [6.07, 6.45) is 3.04. The number of carbonyl (C=O) groups excluding carboxylic acids is 1. The van der Waals surface area contributed by atoms with Crippen molar-refractivity contribution in [1.82, 2.24) is 5.32 Å². The van der Waals surface area contributed by atoms with Crippen LogP contribution in [-0.2, 0) is 11.3 Å². The van der Waals surface area contributed by atoms with Crippen molar-refractivity contribution in [2.45, 2.75) is 44.1 Å². The number of hydrogen-bond donors (Lipinski definition) is 1. The Bertz CT molecular complexity index is 396. The Morgan fingerprint density at radius 3 is 2.89 bits per heavy atom. The molecule has 1 aliphatic carbocycles. The number of carbonyl (C=O) groups is 1. The molecule has 1 fully saturated rings. The summed E-state index contributed by atoms with van der Waals surface area (Å²) >= 11 is 1.99. The molecule has 104 valence electrons. The third-order valence-electron chi connectivity index (χ3n) is 3.32. The zero-order chi connectivity index (χ0) is 13.5. The van der Waals surface area contributed by atoms with Gasteiger partial charge in [-0.2, -0.15) is 11.8 Å². The summed E-state index contributed by atoms with van der Waals surface area (Å²) in [5, 5.41) is 3.66. The molecule has 2 rings (SSSR count). The molecule has 1 aromatic rings. The van der Waals surface area contributed by atoms with Crippen LogP contribution < -0.4 is 5.32 Å². The van der Waals surface area contributed by atoms with Gasteiger partial charge in [-0.1, -0.05) is 37.3 Å². The molecule has 4 heteroatoms. The highest BCUT2D eigenvalue weighted by atomic mass is 32.2.